The molecule has 0 aliphatic carbocycles. The van der Waals surface area contributed by atoms with E-state index in [4.69, 9.17) is 20.5 Å². The highest BCUT2D eigenvalue weighted by molar-refractivity contribution is 5.70. The number of ether oxygens (including phenoxy) is 2. The minimum atomic E-state index is 0.0905. The molecule has 21 heavy (non-hydrogen) atoms. The number of nitrogen functional groups attached to an aromatic ring is 1. The molecule has 2 N–H and O–H groups in total. The Hall–Kier alpha value is -2.72. The molecule has 0 fully saturated rings. The van der Waals surface area contributed by atoms with Crippen LogP contribution in [-0.4, -0.2) is 28.6 Å². The maximum absolute atomic E-state index is 8.99. The van der Waals surface area contributed by atoms with Crippen LogP contribution < -0.4 is 10.5 Å². The zero-order chi connectivity index (χ0) is 15.2. The van der Waals surface area contributed by atoms with Crippen molar-refractivity contribution in [3.63, 3.8) is 0 Å². The van der Waals surface area contributed by atoms with Crippen molar-refractivity contribution in [1.29, 1.82) is 5.26 Å². The molecular weight excluding hydrogens is 270 g/mol. The molecule has 0 bridgehead atoms. The standard InChI is InChI=1S/C14H15N5O2/c1-3-20-8-21-12-6-10(7-15)4-5-11(12)13-9(2)17-14(16)19-18-13/h4-6H,3,8H2,1-2H3,(H2,16,17,19). The van der Waals surface area contributed by atoms with Gasteiger partial charge in [0.2, 0.25) is 5.95 Å². The summed E-state index contributed by atoms with van der Waals surface area (Å²) in [6, 6.07) is 7.12. The number of aryl methyl sites for hydroxylation is 1. The number of aromatic nitrogens is 3. The second kappa shape index (κ2) is 6.63. The minimum absolute atomic E-state index is 0.0905. The number of hydrogen-bond acceptors (Lipinski definition) is 7. The first kappa shape index (κ1) is 14.7. The van der Waals surface area contributed by atoms with E-state index in [9.17, 15) is 0 Å². The monoisotopic (exact) mass is 285 g/mol. The van der Waals surface area contributed by atoms with E-state index in [1.165, 1.54) is 0 Å². The van der Waals surface area contributed by atoms with Gasteiger partial charge in [-0.3, -0.25) is 0 Å². The molecule has 2 aromatic rings. The van der Waals surface area contributed by atoms with Crippen LogP contribution in [0.5, 0.6) is 5.75 Å². The Morgan fingerprint density at radius 2 is 2.14 bits per heavy atom. The van der Waals surface area contributed by atoms with Gasteiger partial charge in [0.1, 0.15) is 11.4 Å². The summed E-state index contributed by atoms with van der Waals surface area (Å²) in [4.78, 5) is 4.08. The molecule has 0 amide bonds. The quantitative estimate of drug-likeness (QED) is 0.657. The van der Waals surface area contributed by atoms with Gasteiger partial charge in [0.15, 0.2) is 6.79 Å². The Morgan fingerprint density at radius 3 is 2.81 bits per heavy atom. The normalized spacial score (nSPS) is 10.1. The number of benzene rings is 1. The lowest BCUT2D eigenvalue weighted by molar-refractivity contribution is 0.0227. The highest BCUT2D eigenvalue weighted by Gasteiger charge is 2.13. The Kier molecular flexibility index (Phi) is 4.64. The van der Waals surface area contributed by atoms with Crippen molar-refractivity contribution in [2.45, 2.75) is 13.8 Å². The van der Waals surface area contributed by atoms with Crippen molar-refractivity contribution in [2.75, 3.05) is 19.1 Å². The average Bonchev–Trinajstić information content (AvgIpc) is 2.48. The van der Waals surface area contributed by atoms with E-state index >= 15 is 0 Å². The first-order valence-electron chi connectivity index (χ1n) is 6.37. The summed E-state index contributed by atoms with van der Waals surface area (Å²) < 4.78 is 10.7. The van der Waals surface area contributed by atoms with Gasteiger partial charge in [-0.05, 0) is 32.0 Å². The third kappa shape index (κ3) is 3.43. The number of anilines is 1. The van der Waals surface area contributed by atoms with Gasteiger partial charge in [-0.2, -0.15) is 5.26 Å². The molecule has 7 nitrogen and oxygen atoms in total. The van der Waals surface area contributed by atoms with Crippen LogP contribution in [0.2, 0.25) is 0 Å². The lowest BCUT2D eigenvalue weighted by Crippen LogP contribution is -2.06. The summed E-state index contributed by atoms with van der Waals surface area (Å²) in [5.74, 6) is 0.605. The Morgan fingerprint density at radius 1 is 1.33 bits per heavy atom. The van der Waals surface area contributed by atoms with E-state index in [-0.39, 0.29) is 12.7 Å². The van der Waals surface area contributed by atoms with Gasteiger partial charge < -0.3 is 15.2 Å². The summed E-state index contributed by atoms with van der Waals surface area (Å²) in [6.45, 7) is 4.28. The molecule has 0 aliphatic heterocycles. The Balaban J connectivity index is 2.44. The second-order valence-electron chi connectivity index (χ2n) is 4.18. The van der Waals surface area contributed by atoms with Crippen LogP contribution in [0.4, 0.5) is 5.95 Å². The maximum atomic E-state index is 8.99. The molecular formula is C14H15N5O2. The van der Waals surface area contributed by atoms with Crippen LogP contribution in [0.3, 0.4) is 0 Å². The molecule has 108 valence electrons. The van der Waals surface area contributed by atoms with Gasteiger partial charge in [-0.15, -0.1) is 10.2 Å². The van der Waals surface area contributed by atoms with Crippen molar-refractivity contribution >= 4 is 5.95 Å². The first-order valence-corrected chi connectivity index (χ1v) is 6.37. The van der Waals surface area contributed by atoms with Crippen molar-refractivity contribution in [2.24, 2.45) is 0 Å². The molecule has 7 heteroatoms. The van der Waals surface area contributed by atoms with E-state index in [0.717, 1.165) is 0 Å². The smallest absolute Gasteiger partial charge is 0.240 e. The summed E-state index contributed by atoms with van der Waals surface area (Å²) in [5, 5.41) is 16.8. The van der Waals surface area contributed by atoms with Crippen LogP contribution in [0, 0.1) is 18.3 Å². The minimum Gasteiger partial charge on any atom is -0.467 e. The van der Waals surface area contributed by atoms with Crippen LogP contribution in [0.1, 0.15) is 18.2 Å². The van der Waals surface area contributed by atoms with E-state index in [2.05, 4.69) is 21.3 Å². The summed E-state index contributed by atoms with van der Waals surface area (Å²) in [7, 11) is 0. The molecule has 2 rings (SSSR count). The van der Waals surface area contributed by atoms with Crippen molar-refractivity contribution < 1.29 is 9.47 Å². The van der Waals surface area contributed by atoms with E-state index < -0.39 is 0 Å². The molecule has 0 aliphatic rings. The summed E-state index contributed by atoms with van der Waals surface area (Å²) >= 11 is 0. The third-order valence-electron chi connectivity index (χ3n) is 2.75. The lowest BCUT2D eigenvalue weighted by atomic mass is 10.1. The first-order chi connectivity index (χ1) is 10.2. The van der Waals surface area contributed by atoms with E-state index in [1.54, 1.807) is 25.1 Å². The zero-order valence-corrected chi connectivity index (χ0v) is 11.8. The van der Waals surface area contributed by atoms with Gasteiger partial charge in [0.25, 0.3) is 0 Å². The molecule has 0 unspecified atom stereocenters. The zero-order valence-electron chi connectivity index (χ0n) is 11.8. The number of nitrogens with two attached hydrogens (primary N) is 1. The van der Waals surface area contributed by atoms with Crippen LogP contribution in [0.15, 0.2) is 18.2 Å². The SMILES string of the molecule is CCOCOc1cc(C#N)ccc1-c1nnc(N)nc1C. The number of nitrogens with zero attached hydrogens (tertiary/aromatic N) is 4. The molecule has 1 heterocycles. The largest absolute Gasteiger partial charge is 0.467 e. The highest BCUT2D eigenvalue weighted by Crippen LogP contribution is 2.31. The number of nitriles is 1. The summed E-state index contributed by atoms with van der Waals surface area (Å²) in [6.07, 6.45) is 0. The van der Waals surface area contributed by atoms with Gasteiger partial charge in [0.05, 0.1) is 17.3 Å². The molecule has 1 aromatic carbocycles. The number of hydrogen-bond donors (Lipinski definition) is 1. The van der Waals surface area contributed by atoms with Gasteiger partial charge >= 0.3 is 0 Å². The fourth-order valence-corrected chi connectivity index (χ4v) is 1.76. The van der Waals surface area contributed by atoms with E-state index in [1.807, 2.05) is 6.92 Å². The fourth-order valence-electron chi connectivity index (χ4n) is 1.76. The molecule has 0 saturated heterocycles. The molecule has 1 aromatic heterocycles. The van der Waals surface area contributed by atoms with Crippen LogP contribution >= 0.6 is 0 Å². The predicted octanol–water partition coefficient (Wildman–Crippen LogP) is 1.67. The average molecular weight is 285 g/mol. The summed E-state index contributed by atoms with van der Waals surface area (Å²) in [5.41, 5.74) is 7.87. The van der Waals surface area contributed by atoms with Gasteiger partial charge in [-0.25, -0.2) is 4.98 Å². The van der Waals surface area contributed by atoms with Crippen molar-refractivity contribution in [1.82, 2.24) is 15.2 Å². The Labute approximate surface area is 122 Å². The molecule has 0 saturated carbocycles. The fraction of sp³-hybridized carbons (Fsp3) is 0.286. The van der Waals surface area contributed by atoms with Gasteiger partial charge in [-0.1, -0.05) is 0 Å². The van der Waals surface area contributed by atoms with Gasteiger partial charge in [0, 0.05) is 12.2 Å². The van der Waals surface area contributed by atoms with Crippen LogP contribution in [0.25, 0.3) is 11.3 Å². The molecule has 0 radical (unpaired) electrons. The Bertz CT molecular complexity index is 682. The maximum Gasteiger partial charge on any atom is 0.240 e. The lowest BCUT2D eigenvalue weighted by Gasteiger charge is -2.12. The van der Waals surface area contributed by atoms with Crippen molar-refractivity contribution in [3.8, 4) is 23.1 Å². The van der Waals surface area contributed by atoms with Crippen LogP contribution in [-0.2, 0) is 4.74 Å². The molecule has 0 atom stereocenters. The van der Waals surface area contributed by atoms with Crippen molar-refractivity contribution in [3.05, 3.63) is 29.5 Å². The molecule has 0 spiro atoms. The predicted molar refractivity (Wildman–Crippen MR) is 76.2 cm³/mol. The topological polar surface area (TPSA) is 107 Å². The highest BCUT2D eigenvalue weighted by atomic mass is 16.7. The second-order valence-corrected chi connectivity index (χ2v) is 4.18. The number of rotatable bonds is 5. The third-order valence-corrected chi connectivity index (χ3v) is 2.75. The van der Waals surface area contributed by atoms with E-state index in [0.29, 0.717) is 34.9 Å².